The molecule has 5 heteroatoms. The molecule has 0 spiro atoms. The van der Waals surface area contributed by atoms with E-state index >= 15 is 0 Å². The van der Waals surface area contributed by atoms with E-state index in [4.69, 9.17) is 0 Å². The molecular weight excluding hydrogens is 272 g/mol. The van der Waals surface area contributed by atoms with Crippen molar-refractivity contribution in [2.75, 3.05) is 25.4 Å². The standard InChI is InChI=1S/C15H18N2O2S/c18-13(10-17-8-9-20-14(17)19)16-11-15(6-7-15)12-4-2-1-3-5-12/h1-5H,6-11H2,(H,16,18). The predicted octanol–water partition coefficient (Wildman–Crippen LogP) is 2.00. The Hall–Kier alpha value is -1.49. The number of nitrogens with zero attached hydrogens (tertiary/aromatic N) is 1. The van der Waals surface area contributed by atoms with E-state index in [-0.39, 0.29) is 23.1 Å². The highest BCUT2D eigenvalue weighted by Gasteiger charge is 2.44. The monoisotopic (exact) mass is 290 g/mol. The van der Waals surface area contributed by atoms with Gasteiger partial charge in [-0.2, -0.15) is 0 Å². The molecule has 1 aliphatic heterocycles. The third kappa shape index (κ3) is 2.82. The van der Waals surface area contributed by atoms with Gasteiger partial charge in [0.05, 0.1) is 0 Å². The summed E-state index contributed by atoms with van der Waals surface area (Å²) in [6.07, 6.45) is 2.24. The predicted molar refractivity (Wildman–Crippen MR) is 79.8 cm³/mol. The summed E-state index contributed by atoms with van der Waals surface area (Å²) in [6, 6.07) is 10.3. The topological polar surface area (TPSA) is 49.4 Å². The van der Waals surface area contributed by atoms with Gasteiger partial charge in [-0.25, -0.2) is 0 Å². The molecule has 2 fully saturated rings. The molecule has 0 unspecified atom stereocenters. The molecule has 1 saturated carbocycles. The van der Waals surface area contributed by atoms with Gasteiger partial charge in [-0.05, 0) is 18.4 Å². The van der Waals surface area contributed by atoms with Crippen molar-refractivity contribution in [1.29, 1.82) is 0 Å². The summed E-state index contributed by atoms with van der Waals surface area (Å²) in [5.74, 6) is 0.739. The highest BCUT2D eigenvalue weighted by atomic mass is 32.2. The van der Waals surface area contributed by atoms with Crippen LogP contribution in [0.25, 0.3) is 0 Å². The Labute approximate surface area is 122 Å². The first-order chi connectivity index (χ1) is 9.70. The maximum Gasteiger partial charge on any atom is 0.282 e. The van der Waals surface area contributed by atoms with Crippen LogP contribution in [0.1, 0.15) is 18.4 Å². The minimum absolute atomic E-state index is 0.0179. The van der Waals surface area contributed by atoms with Crippen LogP contribution in [-0.4, -0.2) is 41.4 Å². The van der Waals surface area contributed by atoms with Crippen molar-refractivity contribution in [2.45, 2.75) is 18.3 Å². The van der Waals surface area contributed by atoms with E-state index in [1.807, 2.05) is 18.2 Å². The fraction of sp³-hybridized carbons (Fsp3) is 0.467. The number of hydrogen-bond donors (Lipinski definition) is 1. The Bertz CT molecular complexity index is 514. The second kappa shape index (κ2) is 5.48. The fourth-order valence-corrected chi connectivity index (χ4v) is 3.40. The normalized spacial score (nSPS) is 20.0. The van der Waals surface area contributed by atoms with Crippen LogP contribution in [0.2, 0.25) is 0 Å². The van der Waals surface area contributed by atoms with E-state index in [1.54, 1.807) is 4.90 Å². The Kier molecular flexibility index (Phi) is 3.70. The zero-order valence-corrected chi connectivity index (χ0v) is 12.1. The van der Waals surface area contributed by atoms with Gasteiger partial charge in [0.1, 0.15) is 6.54 Å². The lowest BCUT2D eigenvalue weighted by molar-refractivity contribution is -0.121. The number of carbonyl (C=O) groups is 2. The van der Waals surface area contributed by atoms with Crippen LogP contribution in [0.3, 0.4) is 0 Å². The van der Waals surface area contributed by atoms with Crippen molar-refractivity contribution < 1.29 is 9.59 Å². The molecule has 1 aliphatic carbocycles. The van der Waals surface area contributed by atoms with E-state index in [0.717, 1.165) is 18.6 Å². The summed E-state index contributed by atoms with van der Waals surface area (Å²) >= 11 is 1.29. The van der Waals surface area contributed by atoms with Crippen LogP contribution in [0.15, 0.2) is 30.3 Å². The van der Waals surface area contributed by atoms with Crippen LogP contribution in [-0.2, 0) is 10.2 Å². The lowest BCUT2D eigenvalue weighted by atomic mass is 9.96. The number of nitrogens with one attached hydrogen (secondary N) is 1. The fourth-order valence-electron chi connectivity index (χ4n) is 2.58. The van der Waals surface area contributed by atoms with Gasteiger partial charge in [-0.15, -0.1) is 0 Å². The van der Waals surface area contributed by atoms with E-state index in [1.165, 1.54) is 17.3 Å². The molecule has 0 aromatic heterocycles. The van der Waals surface area contributed by atoms with Crippen LogP contribution >= 0.6 is 11.8 Å². The molecule has 1 saturated heterocycles. The third-order valence-corrected chi connectivity index (χ3v) is 4.93. The Morgan fingerprint density at radius 3 is 2.65 bits per heavy atom. The average molecular weight is 290 g/mol. The number of rotatable bonds is 5. The molecule has 3 rings (SSSR count). The summed E-state index contributed by atoms with van der Waals surface area (Å²) in [4.78, 5) is 25.0. The number of benzene rings is 1. The molecule has 2 amide bonds. The van der Waals surface area contributed by atoms with Crippen molar-refractivity contribution in [3.63, 3.8) is 0 Å². The molecule has 1 aromatic carbocycles. The molecule has 1 N–H and O–H groups in total. The SMILES string of the molecule is O=C(CN1CCSC1=O)NCC1(c2ccccc2)CC1. The minimum atomic E-state index is -0.0527. The highest BCUT2D eigenvalue weighted by Crippen LogP contribution is 2.47. The first kappa shape index (κ1) is 13.5. The van der Waals surface area contributed by atoms with Gasteiger partial charge in [0, 0.05) is 24.3 Å². The Morgan fingerprint density at radius 2 is 2.05 bits per heavy atom. The molecule has 1 aromatic rings. The zero-order chi connectivity index (χ0) is 14.0. The Balaban J connectivity index is 1.52. The van der Waals surface area contributed by atoms with Crippen molar-refractivity contribution in [2.24, 2.45) is 0 Å². The van der Waals surface area contributed by atoms with E-state index in [0.29, 0.717) is 13.1 Å². The molecular formula is C15H18N2O2S. The van der Waals surface area contributed by atoms with Gasteiger partial charge in [-0.1, -0.05) is 42.1 Å². The smallest absolute Gasteiger partial charge is 0.282 e. The van der Waals surface area contributed by atoms with Crippen LogP contribution < -0.4 is 5.32 Å². The number of amides is 2. The first-order valence-corrected chi connectivity index (χ1v) is 7.92. The maximum absolute atomic E-state index is 11.9. The van der Waals surface area contributed by atoms with Gasteiger partial charge in [-0.3, -0.25) is 9.59 Å². The van der Waals surface area contributed by atoms with Gasteiger partial charge >= 0.3 is 0 Å². The molecule has 4 nitrogen and oxygen atoms in total. The largest absolute Gasteiger partial charge is 0.354 e. The molecule has 20 heavy (non-hydrogen) atoms. The van der Waals surface area contributed by atoms with Crippen molar-refractivity contribution in [1.82, 2.24) is 10.2 Å². The summed E-state index contributed by atoms with van der Waals surface area (Å²) < 4.78 is 0. The lowest BCUT2D eigenvalue weighted by Gasteiger charge is -2.18. The summed E-state index contributed by atoms with van der Waals surface area (Å²) in [5, 5.41) is 3.01. The third-order valence-electron chi connectivity index (χ3n) is 4.04. The first-order valence-electron chi connectivity index (χ1n) is 6.94. The van der Waals surface area contributed by atoms with E-state index in [9.17, 15) is 9.59 Å². The van der Waals surface area contributed by atoms with Crippen molar-refractivity contribution in [3.05, 3.63) is 35.9 Å². The van der Waals surface area contributed by atoms with Crippen LogP contribution in [0.4, 0.5) is 4.79 Å². The minimum Gasteiger partial charge on any atom is -0.354 e. The zero-order valence-electron chi connectivity index (χ0n) is 11.3. The van der Waals surface area contributed by atoms with Crippen LogP contribution in [0.5, 0.6) is 0 Å². The average Bonchev–Trinajstić information content (AvgIpc) is 3.17. The summed E-state index contributed by atoms with van der Waals surface area (Å²) in [7, 11) is 0. The molecule has 0 atom stereocenters. The number of thioether (sulfide) groups is 1. The van der Waals surface area contributed by atoms with Crippen molar-refractivity contribution >= 4 is 22.9 Å². The van der Waals surface area contributed by atoms with Crippen molar-refractivity contribution in [3.8, 4) is 0 Å². The summed E-state index contributed by atoms with van der Waals surface area (Å²) in [6.45, 7) is 1.54. The van der Waals surface area contributed by atoms with Gasteiger partial charge in [0.2, 0.25) is 5.91 Å². The molecule has 2 aliphatic rings. The highest BCUT2D eigenvalue weighted by molar-refractivity contribution is 8.13. The van der Waals surface area contributed by atoms with Gasteiger partial charge in [0.25, 0.3) is 5.24 Å². The quantitative estimate of drug-likeness (QED) is 0.902. The van der Waals surface area contributed by atoms with Gasteiger partial charge in [0.15, 0.2) is 0 Å². The molecule has 1 heterocycles. The maximum atomic E-state index is 11.9. The van der Waals surface area contributed by atoms with E-state index < -0.39 is 0 Å². The second-order valence-corrected chi connectivity index (χ2v) is 6.51. The molecule has 106 valence electrons. The molecule has 0 bridgehead atoms. The van der Waals surface area contributed by atoms with E-state index in [2.05, 4.69) is 17.4 Å². The Morgan fingerprint density at radius 1 is 1.30 bits per heavy atom. The summed E-state index contributed by atoms with van der Waals surface area (Å²) in [5.41, 5.74) is 1.42. The number of carbonyl (C=O) groups excluding carboxylic acids is 2. The molecule has 0 radical (unpaired) electrons. The second-order valence-electron chi connectivity index (χ2n) is 5.46. The lowest BCUT2D eigenvalue weighted by Crippen LogP contribution is -2.40. The van der Waals surface area contributed by atoms with Gasteiger partial charge < -0.3 is 10.2 Å². The number of hydrogen-bond acceptors (Lipinski definition) is 3. The van der Waals surface area contributed by atoms with Crippen LogP contribution in [0, 0.1) is 0 Å².